The third-order valence-electron chi connectivity index (χ3n) is 5.07. The Kier molecular flexibility index (Phi) is 6.91. The van der Waals surface area contributed by atoms with E-state index in [0.717, 1.165) is 24.8 Å². The van der Waals surface area contributed by atoms with E-state index in [-0.39, 0.29) is 27.7 Å². The van der Waals surface area contributed by atoms with Crippen molar-refractivity contribution in [2.24, 2.45) is 0 Å². The first-order chi connectivity index (χ1) is 15.0. The summed E-state index contributed by atoms with van der Waals surface area (Å²) < 4.78 is 70.9. The number of unbranched alkanes of at least 4 members (excludes halogenated alkanes) is 1. The minimum absolute atomic E-state index is 0.139. The van der Waals surface area contributed by atoms with Crippen LogP contribution in [-0.2, 0) is 19.1 Å². The van der Waals surface area contributed by atoms with Crippen molar-refractivity contribution in [3.8, 4) is 0 Å². The Bertz CT molecular complexity index is 1120. The van der Waals surface area contributed by atoms with Gasteiger partial charge in [0, 0.05) is 12.0 Å². The summed E-state index contributed by atoms with van der Waals surface area (Å²) in [5.41, 5.74) is -5.34. The van der Waals surface area contributed by atoms with Gasteiger partial charge in [0.05, 0.1) is 17.2 Å². The molecule has 174 valence electrons. The number of nitrogens with zero attached hydrogens (tertiary/aromatic N) is 1. The molecule has 0 spiro atoms. The van der Waals surface area contributed by atoms with Crippen LogP contribution in [-0.4, -0.2) is 37.4 Å². The van der Waals surface area contributed by atoms with Gasteiger partial charge in [0.2, 0.25) is 0 Å². The zero-order valence-corrected chi connectivity index (χ0v) is 18.3. The lowest BCUT2D eigenvalue weighted by Gasteiger charge is -2.27. The number of hydrogen-bond donors (Lipinski definition) is 0. The van der Waals surface area contributed by atoms with Crippen LogP contribution in [0.5, 0.6) is 0 Å². The van der Waals surface area contributed by atoms with E-state index in [4.69, 9.17) is 4.74 Å². The summed E-state index contributed by atoms with van der Waals surface area (Å²) in [5, 5.41) is 0.403. The summed E-state index contributed by atoms with van der Waals surface area (Å²) in [7, 11) is -6.21. The predicted octanol–water partition coefficient (Wildman–Crippen LogP) is 4.87. The summed E-state index contributed by atoms with van der Waals surface area (Å²) >= 11 is 0. The number of hydroxylamine groups is 2. The van der Waals surface area contributed by atoms with E-state index in [1.54, 1.807) is 12.1 Å². The fourth-order valence-corrected chi connectivity index (χ4v) is 3.96. The number of carbonyl (C=O) groups is 2. The summed E-state index contributed by atoms with van der Waals surface area (Å²) in [4.78, 5) is 25.5. The van der Waals surface area contributed by atoms with Gasteiger partial charge in [0.1, 0.15) is 0 Å². The summed E-state index contributed by atoms with van der Waals surface area (Å²) in [5.74, 6) is -2.59. The molecule has 3 rings (SSSR count). The van der Waals surface area contributed by atoms with Gasteiger partial charge in [-0.25, -0.2) is 0 Å². The number of rotatable bonds is 9. The van der Waals surface area contributed by atoms with E-state index in [9.17, 15) is 31.2 Å². The first-order valence-electron chi connectivity index (χ1n) is 10.1. The Morgan fingerprint density at radius 3 is 2.25 bits per heavy atom. The lowest BCUT2D eigenvalue weighted by molar-refractivity contribution is -0.0761. The fourth-order valence-electron chi connectivity index (χ4n) is 3.55. The fraction of sp³-hybridized carbons (Fsp3) is 0.429. The van der Waals surface area contributed by atoms with Crippen LogP contribution in [0.3, 0.4) is 0 Å². The molecule has 2 amide bonds. The number of halogens is 3. The van der Waals surface area contributed by atoms with Gasteiger partial charge in [-0.2, -0.15) is 21.6 Å². The molecule has 1 aliphatic rings. The zero-order valence-electron chi connectivity index (χ0n) is 17.4. The highest BCUT2D eigenvalue weighted by atomic mass is 32.2. The number of imide groups is 1. The van der Waals surface area contributed by atoms with Crippen LogP contribution in [0.25, 0.3) is 10.8 Å². The van der Waals surface area contributed by atoms with Crippen molar-refractivity contribution in [3.05, 3.63) is 47.0 Å². The minimum atomic E-state index is -6.21. The molecule has 0 saturated heterocycles. The Hall–Kier alpha value is -2.50. The first-order valence-corrected chi connectivity index (χ1v) is 11.5. The first kappa shape index (κ1) is 24.1. The van der Waals surface area contributed by atoms with Gasteiger partial charge in [0.15, 0.2) is 0 Å². The molecule has 0 radical (unpaired) electrons. The highest BCUT2D eigenvalue weighted by Gasteiger charge is 2.51. The standard InChI is InChI=1S/C21H22F3NO6S/c1-3-5-12-30-17(7-4-2)13-10-11-16-18-14(13)8-6-9-15(18)19(26)25(20(16)27)31-32(28,29)21(22,23)24/h6,8-11,17H,3-5,7,12H2,1-2H3. The molecule has 1 atom stereocenters. The number of ether oxygens (including phenoxy) is 1. The van der Waals surface area contributed by atoms with Gasteiger partial charge in [0.25, 0.3) is 11.8 Å². The average molecular weight is 473 g/mol. The van der Waals surface area contributed by atoms with Gasteiger partial charge in [-0.05, 0) is 35.9 Å². The molecular weight excluding hydrogens is 451 g/mol. The van der Waals surface area contributed by atoms with Crippen molar-refractivity contribution in [2.45, 2.75) is 51.1 Å². The molecule has 2 aromatic carbocycles. The number of benzene rings is 2. The molecule has 0 fully saturated rings. The summed E-state index contributed by atoms with van der Waals surface area (Å²) in [6.07, 6.45) is 3.00. The summed E-state index contributed by atoms with van der Waals surface area (Å²) in [6.45, 7) is 4.55. The quantitative estimate of drug-likeness (QED) is 0.293. The maximum atomic E-state index is 12.8. The van der Waals surface area contributed by atoms with E-state index in [2.05, 4.69) is 4.28 Å². The van der Waals surface area contributed by atoms with Gasteiger partial charge in [-0.15, -0.1) is 9.35 Å². The van der Waals surface area contributed by atoms with Crippen molar-refractivity contribution in [1.29, 1.82) is 0 Å². The van der Waals surface area contributed by atoms with Crippen molar-refractivity contribution in [2.75, 3.05) is 6.61 Å². The molecule has 0 bridgehead atoms. The van der Waals surface area contributed by atoms with Crippen molar-refractivity contribution in [1.82, 2.24) is 5.06 Å². The van der Waals surface area contributed by atoms with Crippen molar-refractivity contribution in [3.63, 3.8) is 0 Å². The van der Waals surface area contributed by atoms with Crippen molar-refractivity contribution < 1.29 is 40.2 Å². The third-order valence-corrected chi connectivity index (χ3v) is 5.99. The molecule has 0 N–H and O–H groups in total. The van der Waals surface area contributed by atoms with E-state index >= 15 is 0 Å². The average Bonchev–Trinajstić information content (AvgIpc) is 2.73. The Balaban J connectivity index is 2.09. The topological polar surface area (TPSA) is 90.0 Å². The lowest BCUT2D eigenvalue weighted by Crippen LogP contribution is -2.44. The SMILES string of the molecule is CCCCOC(CCC)c1ccc2c3c(cccc13)C(=O)N(OS(=O)(=O)C(F)(F)F)C2=O. The largest absolute Gasteiger partial charge is 0.525 e. The molecule has 11 heteroatoms. The molecule has 7 nitrogen and oxygen atoms in total. The number of amides is 2. The molecular formula is C21H22F3NO6S. The van der Waals surface area contributed by atoms with Crippen LogP contribution < -0.4 is 0 Å². The van der Waals surface area contributed by atoms with Gasteiger partial charge >= 0.3 is 15.6 Å². The Morgan fingerprint density at radius 1 is 1.00 bits per heavy atom. The second kappa shape index (κ2) is 9.16. The Morgan fingerprint density at radius 2 is 1.66 bits per heavy atom. The van der Waals surface area contributed by atoms with Crippen LogP contribution in [0.2, 0.25) is 0 Å². The van der Waals surface area contributed by atoms with Crippen LogP contribution in [0.1, 0.15) is 71.9 Å². The molecule has 0 saturated carbocycles. The van der Waals surface area contributed by atoms with E-state index < -0.39 is 27.4 Å². The molecule has 32 heavy (non-hydrogen) atoms. The highest BCUT2D eigenvalue weighted by Crippen LogP contribution is 2.37. The highest BCUT2D eigenvalue weighted by molar-refractivity contribution is 7.87. The normalized spacial score (nSPS) is 15.5. The van der Waals surface area contributed by atoms with E-state index in [1.165, 1.54) is 18.2 Å². The molecule has 1 heterocycles. The minimum Gasteiger partial charge on any atom is -0.374 e. The summed E-state index contributed by atoms with van der Waals surface area (Å²) in [6, 6.07) is 7.45. The second-order valence-electron chi connectivity index (χ2n) is 7.31. The maximum absolute atomic E-state index is 12.8. The number of carbonyl (C=O) groups excluding carboxylic acids is 2. The van der Waals surface area contributed by atoms with Gasteiger partial charge in [-0.3, -0.25) is 9.59 Å². The Labute approximate surface area is 183 Å². The third kappa shape index (κ3) is 4.37. The monoisotopic (exact) mass is 473 g/mol. The predicted molar refractivity (Wildman–Crippen MR) is 109 cm³/mol. The molecule has 2 aromatic rings. The van der Waals surface area contributed by atoms with Gasteiger partial charge < -0.3 is 4.74 Å². The molecule has 0 aliphatic carbocycles. The molecule has 1 unspecified atom stereocenters. The molecule has 1 aliphatic heterocycles. The number of alkyl halides is 3. The maximum Gasteiger partial charge on any atom is 0.525 e. The smallest absolute Gasteiger partial charge is 0.374 e. The van der Waals surface area contributed by atoms with Crippen molar-refractivity contribution >= 4 is 32.7 Å². The van der Waals surface area contributed by atoms with E-state index in [1.807, 2.05) is 13.8 Å². The van der Waals surface area contributed by atoms with E-state index in [0.29, 0.717) is 18.4 Å². The number of hydrogen-bond acceptors (Lipinski definition) is 6. The van der Waals surface area contributed by atoms with Gasteiger partial charge in [-0.1, -0.05) is 44.9 Å². The van der Waals surface area contributed by atoms with Crippen LogP contribution in [0.15, 0.2) is 30.3 Å². The lowest BCUT2D eigenvalue weighted by atomic mass is 9.89. The molecule has 0 aromatic heterocycles. The van der Waals surface area contributed by atoms with Crippen LogP contribution >= 0.6 is 0 Å². The van der Waals surface area contributed by atoms with Crippen LogP contribution in [0, 0.1) is 0 Å². The zero-order chi connectivity index (χ0) is 23.7. The second-order valence-corrected chi connectivity index (χ2v) is 8.83. The van der Waals surface area contributed by atoms with Crippen LogP contribution in [0.4, 0.5) is 13.2 Å².